The summed E-state index contributed by atoms with van der Waals surface area (Å²) in [6, 6.07) is 0. The van der Waals surface area contributed by atoms with Gasteiger partial charge in [-0.25, -0.2) is 0 Å². The number of amides is 1. The number of hydrogen-bond donors (Lipinski definition) is 0. The molecule has 1 amide bonds. The van der Waals surface area contributed by atoms with Gasteiger partial charge in [0.1, 0.15) is 0 Å². The van der Waals surface area contributed by atoms with E-state index in [-0.39, 0.29) is 5.91 Å². The van der Waals surface area contributed by atoms with E-state index in [4.69, 9.17) is 0 Å². The lowest BCUT2D eigenvalue weighted by Gasteiger charge is -1.99. The molecule has 0 aliphatic heterocycles. The first-order valence-electron chi connectivity index (χ1n) is 5.01. The molecule has 0 fully saturated rings. The van der Waals surface area contributed by atoms with Crippen molar-refractivity contribution in [3.05, 3.63) is 0 Å². The maximum Gasteiger partial charge on any atom is 0.241 e. The van der Waals surface area contributed by atoms with Crippen molar-refractivity contribution in [1.29, 1.82) is 0 Å². The zero-order valence-corrected chi connectivity index (χ0v) is 8.31. The summed E-state index contributed by atoms with van der Waals surface area (Å²) < 4.78 is 0. The number of rotatable bonds is 7. The van der Waals surface area contributed by atoms with Gasteiger partial charge in [-0.15, -0.1) is 0 Å². The third kappa shape index (κ3) is 7.58. The lowest BCUT2D eigenvalue weighted by molar-refractivity contribution is -0.121. The molecule has 2 heteroatoms. The van der Waals surface area contributed by atoms with Gasteiger partial charge < -0.3 is 0 Å². The molecule has 0 bridgehead atoms. The van der Waals surface area contributed by atoms with Crippen LogP contribution >= 0.6 is 0 Å². The van der Waals surface area contributed by atoms with Crippen LogP contribution in [0.3, 0.4) is 0 Å². The Balaban J connectivity index is 3.03. The van der Waals surface area contributed by atoms with Crippen LogP contribution in [0.5, 0.6) is 0 Å². The minimum Gasteiger partial charge on any atom is -0.273 e. The third-order valence-corrected chi connectivity index (χ3v) is 1.83. The first-order chi connectivity index (χ1) is 5.81. The predicted molar refractivity (Wildman–Crippen MR) is 51.1 cm³/mol. The molecule has 0 aromatic heterocycles. The van der Waals surface area contributed by atoms with E-state index < -0.39 is 0 Å². The van der Waals surface area contributed by atoms with E-state index in [1.807, 2.05) is 6.92 Å². The van der Waals surface area contributed by atoms with Crippen LogP contribution < -0.4 is 5.32 Å². The standard InChI is InChI=1S/C10H20NO/c1-3-5-6-7-8-9-10(12)11-4-2/h3-9H2,1-2H3. The van der Waals surface area contributed by atoms with Crippen LogP contribution in [-0.2, 0) is 4.79 Å². The topological polar surface area (TPSA) is 31.2 Å². The van der Waals surface area contributed by atoms with Gasteiger partial charge in [0.05, 0.1) is 0 Å². The summed E-state index contributed by atoms with van der Waals surface area (Å²) in [6.45, 7) is 4.72. The predicted octanol–water partition coefficient (Wildman–Crippen LogP) is 2.50. The van der Waals surface area contributed by atoms with Gasteiger partial charge in [-0.05, 0) is 13.3 Å². The Morgan fingerprint density at radius 1 is 1.08 bits per heavy atom. The SMILES string of the molecule is CCCCCCCC(=O)[N]CC. The van der Waals surface area contributed by atoms with Crippen molar-refractivity contribution in [3.63, 3.8) is 0 Å². The normalized spacial score (nSPS) is 9.83. The van der Waals surface area contributed by atoms with Crippen LogP contribution in [0.1, 0.15) is 52.4 Å². The first kappa shape index (κ1) is 11.5. The second kappa shape index (κ2) is 8.57. The summed E-state index contributed by atoms with van der Waals surface area (Å²) in [6.07, 6.45) is 6.65. The number of hydrogen-bond acceptors (Lipinski definition) is 1. The van der Waals surface area contributed by atoms with Crippen molar-refractivity contribution in [2.75, 3.05) is 6.54 Å². The fourth-order valence-corrected chi connectivity index (χ4v) is 1.14. The molecule has 0 saturated carbocycles. The van der Waals surface area contributed by atoms with Gasteiger partial charge in [-0.1, -0.05) is 32.6 Å². The molecule has 0 aromatic carbocycles. The number of carbonyl (C=O) groups is 1. The number of unbranched alkanes of at least 4 members (excludes halogenated alkanes) is 4. The average Bonchev–Trinajstić information content (AvgIpc) is 2.05. The monoisotopic (exact) mass is 170 g/mol. The number of carbonyl (C=O) groups excluding carboxylic acids is 1. The second-order valence-electron chi connectivity index (χ2n) is 3.03. The summed E-state index contributed by atoms with van der Waals surface area (Å²) in [5.41, 5.74) is 0. The van der Waals surface area contributed by atoms with Gasteiger partial charge >= 0.3 is 0 Å². The summed E-state index contributed by atoms with van der Waals surface area (Å²) in [5, 5.41) is 3.80. The van der Waals surface area contributed by atoms with E-state index in [1.165, 1.54) is 25.7 Å². The minimum atomic E-state index is 0.0778. The molecule has 12 heavy (non-hydrogen) atoms. The van der Waals surface area contributed by atoms with E-state index in [9.17, 15) is 4.79 Å². The van der Waals surface area contributed by atoms with E-state index in [1.54, 1.807) is 0 Å². The maximum absolute atomic E-state index is 10.9. The maximum atomic E-state index is 10.9. The van der Waals surface area contributed by atoms with E-state index in [0.29, 0.717) is 13.0 Å². The Hall–Kier alpha value is -0.530. The van der Waals surface area contributed by atoms with Gasteiger partial charge in [0.25, 0.3) is 0 Å². The van der Waals surface area contributed by atoms with Crippen molar-refractivity contribution in [3.8, 4) is 0 Å². The Labute approximate surface area is 75.7 Å². The molecule has 0 aromatic rings. The van der Waals surface area contributed by atoms with Gasteiger partial charge in [0.15, 0.2) is 0 Å². The fraction of sp³-hybridized carbons (Fsp3) is 0.900. The van der Waals surface area contributed by atoms with Gasteiger partial charge in [-0.3, -0.25) is 10.1 Å². The molecular formula is C10H20NO. The molecule has 2 nitrogen and oxygen atoms in total. The van der Waals surface area contributed by atoms with Crippen LogP contribution in [0.15, 0.2) is 0 Å². The summed E-state index contributed by atoms with van der Waals surface area (Å²) in [5.74, 6) is 0.0778. The van der Waals surface area contributed by atoms with Crippen molar-refractivity contribution < 1.29 is 4.79 Å². The highest BCUT2D eigenvalue weighted by Crippen LogP contribution is 2.04. The highest BCUT2D eigenvalue weighted by molar-refractivity contribution is 5.75. The minimum absolute atomic E-state index is 0.0778. The molecule has 0 saturated heterocycles. The zero-order valence-electron chi connectivity index (χ0n) is 8.31. The highest BCUT2D eigenvalue weighted by Gasteiger charge is 1.99. The largest absolute Gasteiger partial charge is 0.273 e. The molecule has 0 unspecified atom stereocenters. The van der Waals surface area contributed by atoms with Crippen molar-refractivity contribution >= 4 is 5.91 Å². The summed E-state index contributed by atoms with van der Waals surface area (Å²) in [4.78, 5) is 10.9. The highest BCUT2D eigenvalue weighted by atomic mass is 16.1. The summed E-state index contributed by atoms with van der Waals surface area (Å²) in [7, 11) is 0. The molecule has 1 radical (unpaired) electrons. The fourth-order valence-electron chi connectivity index (χ4n) is 1.14. The van der Waals surface area contributed by atoms with Crippen LogP contribution in [0.2, 0.25) is 0 Å². The van der Waals surface area contributed by atoms with Crippen LogP contribution in [-0.4, -0.2) is 12.5 Å². The average molecular weight is 170 g/mol. The van der Waals surface area contributed by atoms with E-state index >= 15 is 0 Å². The lowest BCUT2D eigenvalue weighted by Crippen LogP contribution is -2.14. The van der Waals surface area contributed by atoms with E-state index in [2.05, 4.69) is 12.2 Å². The quantitative estimate of drug-likeness (QED) is 0.540. The molecule has 0 heterocycles. The smallest absolute Gasteiger partial charge is 0.241 e. The van der Waals surface area contributed by atoms with Gasteiger partial charge in [-0.2, -0.15) is 0 Å². The Morgan fingerprint density at radius 3 is 2.33 bits per heavy atom. The van der Waals surface area contributed by atoms with Crippen molar-refractivity contribution in [2.24, 2.45) is 0 Å². The van der Waals surface area contributed by atoms with Crippen LogP contribution in [0.4, 0.5) is 0 Å². The van der Waals surface area contributed by atoms with E-state index in [0.717, 1.165) is 6.42 Å². The number of nitrogens with zero attached hydrogens (tertiary/aromatic N) is 1. The Kier molecular flexibility index (Phi) is 8.19. The Morgan fingerprint density at radius 2 is 1.75 bits per heavy atom. The van der Waals surface area contributed by atoms with Crippen molar-refractivity contribution in [1.82, 2.24) is 5.32 Å². The van der Waals surface area contributed by atoms with Crippen LogP contribution in [0, 0.1) is 0 Å². The summed E-state index contributed by atoms with van der Waals surface area (Å²) >= 11 is 0. The molecule has 0 atom stereocenters. The molecule has 0 aliphatic rings. The lowest BCUT2D eigenvalue weighted by atomic mass is 10.1. The molecule has 0 aliphatic carbocycles. The molecule has 0 rings (SSSR count). The molecule has 0 spiro atoms. The zero-order chi connectivity index (χ0) is 9.23. The van der Waals surface area contributed by atoms with Gasteiger partial charge in [0.2, 0.25) is 5.91 Å². The molecule has 71 valence electrons. The van der Waals surface area contributed by atoms with Gasteiger partial charge in [0, 0.05) is 13.0 Å². The molecule has 0 N–H and O–H groups in total. The first-order valence-corrected chi connectivity index (χ1v) is 5.01. The van der Waals surface area contributed by atoms with Crippen molar-refractivity contribution in [2.45, 2.75) is 52.4 Å². The third-order valence-electron chi connectivity index (χ3n) is 1.83. The Bertz CT molecular complexity index is 112. The molecular weight excluding hydrogens is 150 g/mol. The second-order valence-corrected chi connectivity index (χ2v) is 3.03. The van der Waals surface area contributed by atoms with Crippen LogP contribution in [0.25, 0.3) is 0 Å².